The Kier molecular flexibility index (Phi) is 11.4. The van der Waals surface area contributed by atoms with E-state index in [0.717, 1.165) is 87.4 Å². The molecule has 286 valence electrons. The van der Waals surface area contributed by atoms with Gasteiger partial charge in [0.1, 0.15) is 0 Å². The lowest BCUT2D eigenvalue weighted by molar-refractivity contribution is -0.143. The van der Waals surface area contributed by atoms with Crippen molar-refractivity contribution in [3.05, 3.63) is 80.9 Å². The zero-order chi connectivity index (χ0) is 38.1. The van der Waals surface area contributed by atoms with Crippen LogP contribution in [-0.2, 0) is 44.8 Å². The Bertz CT molecular complexity index is 2070. The maximum absolute atomic E-state index is 13.7. The number of benzene rings is 2. The lowest BCUT2D eigenvalue weighted by Crippen LogP contribution is -2.33. The molecule has 2 amide bonds. The number of hydrogen-bond acceptors (Lipinski definition) is 8. The summed E-state index contributed by atoms with van der Waals surface area (Å²) in [5.41, 5.74) is 5.71. The van der Waals surface area contributed by atoms with Gasteiger partial charge in [-0.25, -0.2) is 9.97 Å². The molecule has 54 heavy (non-hydrogen) atoms. The van der Waals surface area contributed by atoms with Crippen LogP contribution in [0.4, 0.5) is 11.4 Å². The Morgan fingerprint density at radius 1 is 0.759 bits per heavy atom. The summed E-state index contributed by atoms with van der Waals surface area (Å²) in [5, 5.41) is 25.1. The third kappa shape index (κ3) is 7.78. The minimum Gasteiger partial charge on any atom is -0.481 e. The molecular weight excluding hydrogens is 731 g/mol. The standard InChI is InChI=1S/C39H46Cl2N8O5/c1-46-31-14-17-48(16-13-23-9-11-24(12-10-23)39(53)54)21-29(31)42-35(46)37(51)44-27-7-3-5-25(33(27)40)26-6-4-8-28(34(26)41)45-38(52)36-43-30-22-49(19-20-50)18-15-32(30)47(36)2/h3-8,23-24,50H,9-22H2,1-2H3,(H,44,51)(H,45,52)(H,53,54). The van der Waals surface area contributed by atoms with Gasteiger partial charge in [0.25, 0.3) is 11.8 Å². The highest BCUT2D eigenvalue weighted by Crippen LogP contribution is 2.40. The number of nitrogens with zero attached hydrogens (tertiary/aromatic N) is 6. The summed E-state index contributed by atoms with van der Waals surface area (Å²) in [6.07, 6.45) is 5.99. The maximum atomic E-state index is 13.7. The van der Waals surface area contributed by atoms with E-state index in [2.05, 4.69) is 25.4 Å². The fraction of sp³-hybridized carbons (Fsp3) is 0.462. The number of amides is 2. The molecule has 4 N–H and O–H groups in total. The Hall–Kier alpha value is -4.27. The number of anilines is 2. The molecule has 0 unspecified atom stereocenters. The van der Waals surface area contributed by atoms with Crippen LogP contribution in [-0.4, -0.2) is 89.7 Å². The van der Waals surface area contributed by atoms with Crippen LogP contribution in [0.25, 0.3) is 11.1 Å². The molecule has 1 fully saturated rings. The summed E-state index contributed by atoms with van der Waals surface area (Å²) >= 11 is 13.9. The summed E-state index contributed by atoms with van der Waals surface area (Å²) in [4.78, 5) is 52.3. The van der Waals surface area contributed by atoms with Crippen molar-refractivity contribution in [2.24, 2.45) is 25.9 Å². The molecule has 15 heteroatoms. The van der Waals surface area contributed by atoms with Gasteiger partial charge in [-0.05, 0) is 56.7 Å². The third-order valence-corrected chi connectivity index (χ3v) is 12.1. The number of rotatable bonds is 11. The van der Waals surface area contributed by atoms with Crippen molar-refractivity contribution >= 4 is 52.4 Å². The Morgan fingerprint density at radius 3 is 1.70 bits per heavy atom. The predicted octanol–water partition coefficient (Wildman–Crippen LogP) is 5.62. The molecule has 1 saturated carbocycles. The number of aliphatic hydroxyl groups is 1. The average molecular weight is 778 g/mol. The van der Waals surface area contributed by atoms with Crippen LogP contribution < -0.4 is 10.6 Å². The van der Waals surface area contributed by atoms with Gasteiger partial charge in [0.2, 0.25) is 0 Å². The number of carbonyl (C=O) groups excluding carboxylic acids is 2. The summed E-state index contributed by atoms with van der Waals surface area (Å²) < 4.78 is 3.67. The molecule has 3 aliphatic rings. The molecule has 1 aliphatic carbocycles. The number of hydrogen-bond donors (Lipinski definition) is 4. The molecule has 0 radical (unpaired) electrons. The predicted molar refractivity (Wildman–Crippen MR) is 207 cm³/mol. The topological polar surface area (TPSA) is 158 Å². The van der Waals surface area contributed by atoms with E-state index in [1.807, 2.05) is 29.3 Å². The fourth-order valence-corrected chi connectivity index (χ4v) is 8.74. The van der Waals surface area contributed by atoms with Gasteiger partial charge in [-0.3, -0.25) is 24.2 Å². The van der Waals surface area contributed by atoms with E-state index >= 15 is 0 Å². The number of nitrogens with one attached hydrogen (secondary N) is 2. The Morgan fingerprint density at radius 2 is 1.24 bits per heavy atom. The number of carboxylic acids is 1. The third-order valence-electron chi connectivity index (χ3n) is 11.3. The molecule has 0 atom stereocenters. The van der Waals surface area contributed by atoms with Gasteiger partial charge < -0.3 is 30.0 Å². The normalized spacial score (nSPS) is 18.9. The van der Waals surface area contributed by atoms with Gasteiger partial charge in [0.05, 0.1) is 45.3 Å². The van der Waals surface area contributed by atoms with Crippen LogP contribution in [0.5, 0.6) is 0 Å². The maximum Gasteiger partial charge on any atom is 0.306 e. The first-order valence-electron chi connectivity index (χ1n) is 18.6. The summed E-state index contributed by atoms with van der Waals surface area (Å²) in [5.74, 6) is -0.526. The highest BCUT2D eigenvalue weighted by molar-refractivity contribution is 6.40. The van der Waals surface area contributed by atoms with Gasteiger partial charge in [-0.15, -0.1) is 0 Å². The van der Waals surface area contributed by atoms with Crippen molar-refractivity contribution in [2.75, 3.05) is 43.4 Å². The molecular formula is C39H46Cl2N8O5. The minimum absolute atomic E-state index is 0.0669. The number of aliphatic hydroxyl groups excluding tert-OH is 1. The van der Waals surface area contributed by atoms with Gasteiger partial charge in [0.15, 0.2) is 11.6 Å². The van der Waals surface area contributed by atoms with E-state index in [1.54, 1.807) is 30.3 Å². The van der Waals surface area contributed by atoms with E-state index in [-0.39, 0.29) is 24.3 Å². The monoisotopic (exact) mass is 776 g/mol. The Labute approximate surface area is 324 Å². The molecule has 7 rings (SSSR count). The lowest BCUT2D eigenvalue weighted by Gasteiger charge is -2.30. The molecule has 4 heterocycles. The Balaban J connectivity index is 1.01. The first-order chi connectivity index (χ1) is 26.0. The van der Waals surface area contributed by atoms with Gasteiger partial charge >= 0.3 is 5.97 Å². The van der Waals surface area contributed by atoms with Crippen LogP contribution in [0.3, 0.4) is 0 Å². The van der Waals surface area contributed by atoms with Gasteiger partial charge in [-0.1, -0.05) is 47.5 Å². The molecule has 13 nitrogen and oxygen atoms in total. The van der Waals surface area contributed by atoms with E-state index in [9.17, 15) is 24.6 Å². The second-order valence-corrected chi connectivity index (χ2v) is 15.4. The van der Waals surface area contributed by atoms with Crippen molar-refractivity contribution in [2.45, 2.75) is 58.0 Å². The van der Waals surface area contributed by atoms with E-state index in [0.29, 0.717) is 63.9 Å². The van der Waals surface area contributed by atoms with Crippen molar-refractivity contribution in [1.29, 1.82) is 0 Å². The highest BCUT2D eigenvalue weighted by atomic mass is 35.5. The number of carboxylic acid groups (broad SMARTS) is 1. The van der Waals surface area contributed by atoms with Crippen molar-refractivity contribution in [3.63, 3.8) is 0 Å². The zero-order valence-electron chi connectivity index (χ0n) is 30.6. The number of aromatic nitrogens is 4. The minimum atomic E-state index is -0.674. The molecule has 2 aliphatic heterocycles. The molecule has 0 saturated heterocycles. The van der Waals surface area contributed by atoms with Crippen LogP contribution in [0.15, 0.2) is 36.4 Å². The van der Waals surface area contributed by atoms with Crippen LogP contribution in [0.2, 0.25) is 10.0 Å². The first-order valence-corrected chi connectivity index (χ1v) is 19.3. The average Bonchev–Trinajstić information content (AvgIpc) is 3.68. The second-order valence-electron chi connectivity index (χ2n) is 14.6. The largest absolute Gasteiger partial charge is 0.481 e. The van der Waals surface area contributed by atoms with E-state index in [4.69, 9.17) is 28.2 Å². The lowest BCUT2D eigenvalue weighted by atomic mass is 9.80. The van der Waals surface area contributed by atoms with Gasteiger partial charge in [0, 0.05) is 82.2 Å². The summed E-state index contributed by atoms with van der Waals surface area (Å²) in [7, 11) is 3.69. The number of imidazole rings is 2. The van der Waals surface area contributed by atoms with Crippen molar-refractivity contribution in [1.82, 2.24) is 28.9 Å². The molecule has 2 aromatic carbocycles. The van der Waals surface area contributed by atoms with Crippen LogP contribution >= 0.6 is 23.2 Å². The smallest absolute Gasteiger partial charge is 0.306 e. The van der Waals surface area contributed by atoms with E-state index < -0.39 is 11.9 Å². The molecule has 0 spiro atoms. The molecule has 0 bridgehead atoms. The summed E-state index contributed by atoms with van der Waals surface area (Å²) in [6, 6.07) is 10.6. The van der Waals surface area contributed by atoms with Crippen LogP contribution in [0, 0.1) is 11.8 Å². The quantitative estimate of drug-likeness (QED) is 0.152. The second kappa shape index (κ2) is 16.2. The first kappa shape index (κ1) is 38.0. The van der Waals surface area contributed by atoms with Crippen molar-refractivity contribution in [3.8, 4) is 11.1 Å². The van der Waals surface area contributed by atoms with E-state index in [1.165, 1.54) is 0 Å². The number of fused-ring (bicyclic) bond motifs is 2. The number of β-amino-alcohol motifs (C(OH)–C–C–N with tert-alkyl or cyclic N) is 1. The molecule has 4 aromatic rings. The zero-order valence-corrected chi connectivity index (χ0v) is 32.1. The fourth-order valence-electron chi connectivity index (χ4n) is 8.19. The highest BCUT2D eigenvalue weighted by Gasteiger charge is 2.30. The summed E-state index contributed by atoms with van der Waals surface area (Å²) in [6.45, 7) is 4.43. The SMILES string of the molecule is Cn1c(C(=O)Nc2cccc(-c3cccc(NC(=O)c4nc5c(n4C)CCN(CCC4CCC(C(=O)O)CC4)C5)c3Cl)c2Cl)nc2c1CCN(CCO)C2. The number of aliphatic carboxylic acids is 1. The number of halogens is 2. The van der Waals surface area contributed by atoms with Crippen LogP contribution in [0.1, 0.15) is 76.1 Å². The van der Waals surface area contributed by atoms with Crippen molar-refractivity contribution < 1.29 is 24.6 Å². The molecule has 2 aromatic heterocycles. The number of carbonyl (C=O) groups is 3. The van der Waals surface area contributed by atoms with Gasteiger partial charge in [-0.2, -0.15) is 0 Å².